The first-order valence-corrected chi connectivity index (χ1v) is 8.91. The second-order valence-electron chi connectivity index (χ2n) is 6.86. The predicted molar refractivity (Wildman–Crippen MR) is 101 cm³/mol. The number of rotatable bonds is 6. The van der Waals surface area contributed by atoms with E-state index in [9.17, 15) is 0 Å². The largest absolute Gasteiger partial charge is 0.398 e. The van der Waals surface area contributed by atoms with Crippen LogP contribution in [0, 0.1) is 0 Å². The van der Waals surface area contributed by atoms with E-state index in [1.165, 1.54) is 5.56 Å². The van der Waals surface area contributed by atoms with Crippen molar-refractivity contribution in [3.05, 3.63) is 35.9 Å². The van der Waals surface area contributed by atoms with Crippen molar-refractivity contribution in [3.8, 4) is 0 Å². The number of hydroxylamine groups is 1. The van der Waals surface area contributed by atoms with Gasteiger partial charge < -0.3 is 10.5 Å². The van der Waals surface area contributed by atoms with Gasteiger partial charge in [0.25, 0.3) is 0 Å². The SMILES string of the molecule is CCC(C)(C)OCON1C[C@@H](CCl)c2c1cc(N)c1ccccc21. The summed E-state index contributed by atoms with van der Waals surface area (Å²) in [6, 6.07) is 10.2. The molecule has 3 rings (SSSR count). The second-order valence-corrected chi connectivity index (χ2v) is 7.17. The summed E-state index contributed by atoms with van der Waals surface area (Å²) in [6.45, 7) is 7.13. The highest BCUT2D eigenvalue weighted by Gasteiger charge is 2.32. The molecule has 0 unspecified atom stereocenters. The lowest BCUT2D eigenvalue weighted by Gasteiger charge is -2.26. The van der Waals surface area contributed by atoms with Gasteiger partial charge in [-0.15, -0.1) is 11.6 Å². The third-order valence-corrected chi connectivity index (χ3v) is 5.23. The zero-order chi connectivity index (χ0) is 17.3. The average Bonchev–Trinajstić information content (AvgIpc) is 2.93. The molecular formula is C19H25ClN2O2. The molecule has 0 bridgehead atoms. The van der Waals surface area contributed by atoms with Crippen LogP contribution in [0.25, 0.3) is 10.8 Å². The van der Waals surface area contributed by atoms with Gasteiger partial charge in [0, 0.05) is 22.9 Å². The van der Waals surface area contributed by atoms with E-state index in [1.54, 1.807) is 0 Å². The van der Waals surface area contributed by atoms with Crippen molar-refractivity contribution in [2.45, 2.75) is 38.7 Å². The van der Waals surface area contributed by atoms with Crippen LogP contribution in [0.4, 0.5) is 11.4 Å². The highest BCUT2D eigenvalue weighted by Crippen LogP contribution is 2.44. The van der Waals surface area contributed by atoms with Crippen LogP contribution in [0.15, 0.2) is 30.3 Å². The molecule has 0 aliphatic carbocycles. The van der Waals surface area contributed by atoms with Gasteiger partial charge in [0.1, 0.15) is 0 Å². The van der Waals surface area contributed by atoms with E-state index in [4.69, 9.17) is 26.9 Å². The molecule has 0 radical (unpaired) electrons. The van der Waals surface area contributed by atoms with Gasteiger partial charge in [-0.25, -0.2) is 4.84 Å². The van der Waals surface area contributed by atoms with Crippen LogP contribution >= 0.6 is 11.6 Å². The first-order valence-electron chi connectivity index (χ1n) is 8.38. The van der Waals surface area contributed by atoms with Gasteiger partial charge >= 0.3 is 0 Å². The van der Waals surface area contributed by atoms with Gasteiger partial charge in [-0.1, -0.05) is 31.2 Å². The number of ether oxygens (including phenoxy) is 1. The molecule has 0 amide bonds. The summed E-state index contributed by atoms with van der Waals surface area (Å²) in [5, 5.41) is 4.09. The molecule has 0 spiro atoms. The van der Waals surface area contributed by atoms with Gasteiger partial charge in [-0.2, -0.15) is 0 Å². The lowest BCUT2D eigenvalue weighted by atomic mass is 9.95. The molecule has 0 aromatic heterocycles. The summed E-state index contributed by atoms with van der Waals surface area (Å²) in [5.41, 5.74) is 9.01. The zero-order valence-corrected chi connectivity index (χ0v) is 15.3. The Morgan fingerprint density at radius 3 is 2.67 bits per heavy atom. The molecule has 2 aromatic carbocycles. The number of halogens is 1. The number of benzene rings is 2. The fourth-order valence-electron chi connectivity index (χ4n) is 3.04. The second kappa shape index (κ2) is 6.79. The Hall–Kier alpha value is -1.49. The van der Waals surface area contributed by atoms with Crippen molar-refractivity contribution in [2.24, 2.45) is 0 Å². The number of fused-ring (bicyclic) bond motifs is 3. The van der Waals surface area contributed by atoms with Gasteiger partial charge in [-0.3, -0.25) is 5.06 Å². The normalized spacial score (nSPS) is 17.5. The van der Waals surface area contributed by atoms with Gasteiger partial charge in [0.15, 0.2) is 6.79 Å². The maximum atomic E-state index is 6.25. The average molecular weight is 349 g/mol. The van der Waals surface area contributed by atoms with Crippen LogP contribution in [0.1, 0.15) is 38.7 Å². The number of hydrogen-bond acceptors (Lipinski definition) is 4. The lowest BCUT2D eigenvalue weighted by molar-refractivity contribution is -0.134. The topological polar surface area (TPSA) is 47.7 Å². The molecule has 1 heterocycles. The van der Waals surface area contributed by atoms with Crippen LogP contribution in [0.3, 0.4) is 0 Å². The van der Waals surface area contributed by atoms with E-state index in [2.05, 4.69) is 26.8 Å². The number of anilines is 2. The Morgan fingerprint density at radius 1 is 1.29 bits per heavy atom. The monoisotopic (exact) mass is 348 g/mol. The van der Waals surface area contributed by atoms with Crippen LogP contribution in [-0.2, 0) is 9.57 Å². The Bertz CT molecular complexity index is 733. The minimum atomic E-state index is -0.198. The Kier molecular flexibility index (Phi) is 4.90. The van der Waals surface area contributed by atoms with E-state index < -0.39 is 0 Å². The maximum absolute atomic E-state index is 6.25. The summed E-state index contributed by atoms with van der Waals surface area (Å²) in [6.07, 6.45) is 0.925. The van der Waals surface area contributed by atoms with E-state index >= 15 is 0 Å². The summed E-state index contributed by atoms with van der Waals surface area (Å²) in [4.78, 5) is 5.90. The maximum Gasteiger partial charge on any atom is 0.174 e. The van der Waals surface area contributed by atoms with Crippen LogP contribution in [0.2, 0.25) is 0 Å². The number of hydrogen-bond donors (Lipinski definition) is 1. The zero-order valence-electron chi connectivity index (χ0n) is 14.5. The van der Waals surface area contributed by atoms with E-state index in [-0.39, 0.29) is 18.3 Å². The van der Waals surface area contributed by atoms with Crippen LogP contribution in [0.5, 0.6) is 0 Å². The highest BCUT2D eigenvalue weighted by molar-refractivity contribution is 6.18. The molecule has 2 N–H and O–H groups in total. The molecule has 130 valence electrons. The molecule has 2 aromatic rings. The van der Waals surface area contributed by atoms with Crippen LogP contribution in [-0.4, -0.2) is 24.8 Å². The van der Waals surface area contributed by atoms with E-state index in [1.807, 2.05) is 29.3 Å². The number of nitrogens with zero attached hydrogens (tertiary/aromatic N) is 1. The number of nitrogens with two attached hydrogens (primary N) is 1. The third-order valence-electron chi connectivity index (χ3n) is 4.86. The van der Waals surface area contributed by atoms with E-state index in [0.717, 1.165) is 28.6 Å². The predicted octanol–water partition coefficient (Wildman–Crippen LogP) is 4.66. The van der Waals surface area contributed by atoms with Crippen LogP contribution < -0.4 is 10.8 Å². The molecule has 24 heavy (non-hydrogen) atoms. The van der Waals surface area contributed by atoms with Gasteiger partial charge in [0.05, 0.1) is 17.8 Å². The van der Waals surface area contributed by atoms with Crippen molar-refractivity contribution in [1.29, 1.82) is 0 Å². The molecule has 5 heteroatoms. The third kappa shape index (κ3) is 3.18. The number of nitrogen functional groups attached to an aromatic ring is 1. The lowest BCUT2D eigenvalue weighted by Crippen LogP contribution is -2.29. The summed E-state index contributed by atoms with van der Waals surface area (Å²) < 4.78 is 5.81. The Morgan fingerprint density at radius 2 is 2.00 bits per heavy atom. The first-order chi connectivity index (χ1) is 11.5. The molecule has 1 aliphatic rings. The Labute approximate surface area is 148 Å². The molecule has 1 atom stereocenters. The molecule has 0 saturated heterocycles. The molecular weight excluding hydrogens is 324 g/mol. The van der Waals surface area contributed by atoms with Crippen molar-refractivity contribution in [3.63, 3.8) is 0 Å². The minimum absolute atomic E-state index is 0.198. The quantitative estimate of drug-likeness (QED) is 0.468. The molecule has 0 fully saturated rings. The minimum Gasteiger partial charge on any atom is -0.398 e. The smallest absolute Gasteiger partial charge is 0.174 e. The summed E-state index contributed by atoms with van der Waals surface area (Å²) >= 11 is 6.23. The number of alkyl halides is 1. The van der Waals surface area contributed by atoms with Crippen molar-refractivity contribution >= 4 is 33.7 Å². The highest BCUT2D eigenvalue weighted by atomic mass is 35.5. The standard InChI is InChI=1S/C19H25ClN2O2/c1-4-19(2,3)23-12-24-22-11-13(10-20)18-15-8-6-5-7-14(15)16(21)9-17(18)22/h5-9,13H,4,10-12,21H2,1-3H3/t13-/m1/s1. The molecule has 4 nitrogen and oxygen atoms in total. The molecule has 1 aliphatic heterocycles. The van der Waals surface area contributed by atoms with Crippen molar-refractivity contribution < 1.29 is 9.57 Å². The van der Waals surface area contributed by atoms with Gasteiger partial charge in [0.2, 0.25) is 0 Å². The summed E-state index contributed by atoms with van der Waals surface area (Å²) in [7, 11) is 0. The van der Waals surface area contributed by atoms with Gasteiger partial charge in [-0.05, 0) is 37.3 Å². The van der Waals surface area contributed by atoms with E-state index in [0.29, 0.717) is 12.4 Å². The fraction of sp³-hybridized carbons (Fsp3) is 0.474. The fourth-order valence-corrected chi connectivity index (χ4v) is 3.29. The molecule has 0 saturated carbocycles. The summed E-state index contributed by atoms with van der Waals surface area (Å²) in [5.74, 6) is 0.758. The Balaban J connectivity index is 1.89. The van der Waals surface area contributed by atoms with Crippen molar-refractivity contribution in [2.75, 3.05) is 30.0 Å². The first kappa shape index (κ1) is 17.3. The van der Waals surface area contributed by atoms with Crippen molar-refractivity contribution in [1.82, 2.24) is 0 Å².